The Kier molecular flexibility index (Phi) is 8.66. The van der Waals surface area contributed by atoms with E-state index in [1.165, 1.54) is 36.5 Å². The van der Waals surface area contributed by atoms with Crippen LogP contribution in [-0.4, -0.2) is 63.1 Å². The van der Waals surface area contributed by atoms with Crippen LogP contribution in [0.3, 0.4) is 0 Å². The fourth-order valence-corrected chi connectivity index (χ4v) is 8.54. The van der Waals surface area contributed by atoms with Gasteiger partial charge in [0, 0.05) is 43.1 Å². The number of nitrogens with one attached hydrogen (secondary N) is 1. The Morgan fingerprint density at radius 1 is 1.17 bits per heavy atom. The molecule has 3 heterocycles. The summed E-state index contributed by atoms with van der Waals surface area (Å²) in [5, 5.41) is 45.1. The second kappa shape index (κ2) is 12.5. The summed E-state index contributed by atoms with van der Waals surface area (Å²) >= 11 is 0. The van der Waals surface area contributed by atoms with E-state index in [-0.39, 0.29) is 48.6 Å². The number of fused-ring (bicyclic) bond motifs is 4. The highest BCUT2D eigenvalue weighted by Crippen LogP contribution is 2.67. The number of ether oxygens (including phenoxy) is 2. The van der Waals surface area contributed by atoms with Crippen molar-refractivity contribution in [1.29, 1.82) is 5.26 Å². The molecule has 3 aliphatic rings. The molecule has 12 heteroatoms. The normalized spacial score (nSPS) is 32.0. The van der Waals surface area contributed by atoms with E-state index in [0.29, 0.717) is 24.0 Å². The van der Waals surface area contributed by atoms with E-state index in [1.807, 2.05) is 13.0 Å². The number of carbonyl (C=O) groups excluding carboxylic acids is 2. The maximum Gasteiger partial charge on any atom is 0.345 e. The average Bonchev–Trinajstić information content (AvgIpc) is 3.07. The van der Waals surface area contributed by atoms with Crippen LogP contribution in [0, 0.1) is 34.0 Å². The zero-order valence-corrected chi connectivity index (χ0v) is 27.0. The van der Waals surface area contributed by atoms with Gasteiger partial charge in [-0.05, 0) is 87.3 Å². The number of nitrogens with zero attached hydrogens (tertiary/aromatic N) is 2. The molecule has 0 radical (unpaired) electrons. The molecule has 48 heavy (non-hydrogen) atoms. The summed E-state index contributed by atoms with van der Waals surface area (Å²) in [6, 6.07) is 12.9. The predicted molar refractivity (Wildman–Crippen MR) is 170 cm³/mol. The van der Waals surface area contributed by atoms with Crippen molar-refractivity contribution >= 4 is 11.9 Å². The lowest BCUT2D eigenvalue weighted by molar-refractivity contribution is -0.256. The highest BCUT2D eigenvalue weighted by Gasteiger charge is 2.71. The number of benzene rings is 1. The van der Waals surface area contributed by atoms with Crippen LogP contribution in [0.2, 0.25) is 0 Å². The van der Waals surface area contributed by atoms with Crippen LogP contribution >= 0.6 is 0 Å². The Balaban J connectivity index is 1.48. The van der Waals surface area contributed by atoms with Gasteiger partial charge < -0.3 is 34.5 Å². The maximum atomic E-state index is 13.9. The number of esters is 1. The monoisotopic (exact) mass is 657 g/mol. The zero-order valence-electron chi connectivity index (χ0n) is 27.0. The molecule has 1 aromatic carbocycles. The van der Waals surface area contributed by atoms with E-state index >= 15 is 0 Å². The summed E-state index contributed by atoms with van der Waals surface area (Å²) in [6.07, 6.45) is 0.565. The van der Waals surface area contributed by atoms with Crippen LogP contribution < -0.4 is 15.7 Å². The number of hydrogen-bond acceptors (Lipinski definition) is 11. The van der Waals surface area contributed by atoms with Crippen molar-refractivity contribution in [1.82, 2.24) is 10.3 Å². The van der Waals surface area contributed by atoms with Crippen LogP contribution in [0.25, 0.3) is 11.3 Å². The highest BCUT2D eigenvalue weighted by molar-refractivity contribution is 5.89. The summed E-state index contributed by atoms with van der Waals surface area (Å²) in [7, 11) is 0. The molecule has 4 N–H and O–H groups in total. The third kappa shape index (κ3) is 5.26. The molecule has 2 aromatic heterocycles. The molecule has 1 amide bonds. The Bertz CT molecular complexity index is 1810. The van der Waals surface area contributed by atoms with E-state index in [1.54, 1.807) is 32.2 Å². The van der Waals surface area contributed by atoms with Gasteiger partial charge in [0.25, 0.3) is 0 Å². The predicted octanol–water partition coefficient (Wildman–Crippen LogP) is 3.29. The van der Waals surface area contributed by atoms with Gasteiger partial charge >= 0.3 is 11.6 Å². The number of rotatable bonds is 7. The molecule has 12 nitrogen and oxygen atoms in total. The molecule has 0 saturated heterocycles. The second-order valence-electron chi connectivity index (χ2n) is 13.7. The van der Waals surface area contributed by atoms with Crippen LogP contribution in [0.1, 0.15) is 74.0 Å². The first-order valence-electron chi connectivity index (χ1n) is 16.1. The van der Waals surface area contributed by atoms with Gasteiger partial charge in [-0.15, -0.1) is 0 Å². The van der Waals surface area contributed by atoms with Crippen molar-refractivity contribution in [3.05, 3.63) is 82.0 Å². The standard InChI is InChI=1S/C36H39N3O9/c1-34-12-11-26(41)35(2,33(45)39-14-5-15-40)25(34)17-27(47-31(43)21-9-7-20(18-37)8-10-21)36(3)30(34)29(42)28-24(48-36)16-23(46-32(28)44)22-6-4-13-38-19-22/h4,6-10,13,16,19,25-27,29-30,40-42H,5,11-12,14-15,17H2,1-3H3,(H,39,45)/t25?,26-,27-,29-,30?,34-,35-,36+/m0/s1. The molecule has 2 fully saturated rings. The Morgan fingerprint density at radius 3 is 2.58 bits per heavy atom. The number of hydrogen-bond donors (Lipinski definition) is 4. The highest BCUT2D eigenvalue weighted by atomic mass is 16.6. The topological polar surface area (TPSA) is 192 Å². The van der Waals surface area contributed by atoms with Gasteiger partial charge in [0.05, 0.1) is 34.8 Å². The lowest BCUT2D eigenvalue weighted by atomic mass is 9.42. The summed E-state index contributed by atoms with van der Waals surface area (Å²) in [4.78, 5) is 45.3. The number of nitriles is 1. The van der Waals surface area contributed by atoms with Gasteiger partial charge in [-0.1, -0.05) is 6.92 Å². The number of aromatic nitrogens is 1. The zero-order chi connectivity index (χ0) is 34.4. The van der Waals surface area contributed by atoms with Crippen LogP contribution in [-0.2, 0) is 9.53 Å². The first-order chi connectivity index (χ1) is 22.9. The molecule has 252 valence electrons. The number of amides is 1. The van der Waals surface area contributed by atoms with E-state index in [4.69, 9.17) is 13.9 Å². The van der Waals surface area contributed by atoms with Gasteiger partial charge in [0.2, 0.25) is 5.91 Å². The molecule has 8 atom stereocenters. The van der Waals surface area contributed by atoms with Gasteiger partial charge in [0.1, 0.15) is 28.8 Å². The van der Waals surface area contributed by atoms with E-state index in [0.717, 1.165) is 0 Å². The smallest absolute Gasteiger partial charge is 0.345 e. The van der Waals surface area contributed by atoms with E-state index in [2.05, 4.69) is 10.3 Å². The first-order valence-corrected chi connectivity index (χ1v) is 16.1. The number of aliphatic hydroxyl groups is 3. The number of carbonyl (C=O) groups is 2. The van der Waals surface area contributed by atoms with E-state index in [9.17, 15) is 35.0 Å². The second-order valence-corrected chi connectivity index (χ2v) is 13.7. The van der Waals surface area contributed by atoms with Crippen molar-refractivity contribution < 1.29 is 38.8 Å². The van der Waals surface area contributed by atoms with Crippen molar-refractivity contribution in [2.45, 2.75) is 70.4 Å². The van der Waals surface area contributed by atoms with Crippen molar-refractivity contribution in [2.75, 3.05) is 13.2 Å². The largest absolute Gasteiger partial charge is 0.482 e. The van der Waals surface area contributed by atoms with Gasteiger partial charge in [-0.3, -0.25) is 9.78 Å². The summed E-state index contributed by atoms with van der Waals surface area (Å²) in [6.45, 7) is 5.41. The van der Waals surface area contributed by atoms with Crippen LogP contribution in [0.15, 0.2) is 64.1 Å². The summed E-state index contributed by atoms with van der Waals surface area (Å²) in [5.41, 5.74) is -3.50. The minimum absolute atomic E-state index is 0.0793. The van der Waals surface area contributed by atoms with Gasteiger partial charge in [0.15, 0.2) is 0 Å². The van der Waals surface area contributed by atoms with Crippen molar-refractivity contribution in [2.24, 2.45) is 22.7 Å². The molecule has 6 rings (SSSR count). The molecule has 0 spiro atoms. The maximum absolute atomic E-state index is 13.9. The quantitative estimate of drug-likeness (QED) is 0.215. The summed E-state index contributed by atoms with van der Waals surface area (Å²) < 4.78 is 18.6. The van der Waals surface area contributed by atoms with Gasteiger partial charge in [-0.2, -0.15) is 5.26 Å². The van der Waals surface area contributed by atoms with Crippen molar-refractivity contribution in [3.8, 4) is 23.1 Å². The first kappa shape index (κ1) is 33.3. The van der Waals surface area contributed by atoms with E-state index < -0.39 is 64.1 Å². The molecule has 3 aromatic rings. The van der Waals surface area contributed by atoms with Crippen LogP contribution in [0.4, 0.5) is 0 Å². The molecule has 2 unspecified atom stereocenters. The van der Waals surface area contributed by atoms with Crippen molar-refractivity contribution in [3.63, 3.8) is 0 Å². The number of aliphatic hydroxyl groups excluding tert-OH is 3. The Hall–Kier alpha value is -4.57. The molecular weight excluding hydrogens is 618 g/mol. The molecule has 2 aliphatic carbocycles. The Labute approximate surface area is 277 Å². The molecule has 1 aliphatic heterocycles. The third-order valence-corrected chi connectivity index (χ3v) is 11.0. The Morgan fingerprint density at radius 2 is 1.92 bits per heavy atom. The van der Waals surface area contributed by atoms with Crippen LogP contribution in [0.5, 0.6) is 5.75 Å². The molecule has 2 saturated carbocycles. The minimum Gasteiger partial charge on any atom is -0.482 e. The third-order valence-electron chi connectivity index (χ3n) is 11.0. The molecule has 0 bridgehead atoms. The average molecular weight is 658 g/mol. The fourth-order valence-electron chi connectivity index (χ4n) is 8.54. The van der Waals surface area contributed by atoms with Gasteiger partial charge in [-0.25, -0.2) is 9.59 Å². The lowest BCUT2D eigenvalue weighted by Gasteiger charge is -2.66. The molecular formula is C36H39N3O9. The minimum atomic E-state index is -1.45. The summed E-state index contributed by atoms with van der Waals surface area (Å²) in [5.74, 6) is -2.41. The number of pyridine rings is 1. The SMILES string of the molecule is C[C@]12CC[C@H](O)[C@@](C)(C(=O)NCCCO)C1C[C@H](OC(=O)c1ccc(C#N)cc1)[C@@]1(C)Oc3cc(-c4cccnc4)oc(=O)c3[C@H](O)C21. The lowest BCUT2D eigenvalue weighted by Crippen LogP contribution is -2.72. The fraction of sp³-hybridized carbons (Fsp3) is 0.472.